The monoisotopic (exact) mass is 294 g/mol. The fourth-order valence-electron chi connectivity index (χ4n) is 3.69. The molecule has 1 N–H and O–H groups in total. The zero-order valence-corrected chi connectivity index (χ0v) is 13.0. The molecule has 1 fully saturated rings. The van der Waals surface area contributed by atoms with Crippen LogP contribution in [-0.2, 0) is 12.8 Å². The van der Waals surface area contributed by atoms with E-state index in [-0.39, 0.29) is 0 Å². The number of fused-ring (bicyclic) bond motifs is 1. The highest BCUT2D eigenvalue weighted by atomic mass is 15.1. The molecule has 2 heterocycles. The molecule has 2 aromatic rings. The van der Waals surface area contributed by atoms with E-state index in [0.29, 0.717) is 6.04 Å². The van der Waals surface area contributed by atoms with Crippen LogP contribution >= 0.6 is 0 Å². The van der Waals surface area contributed by atoms with Crippen LogP contribution in [-0.4, -0.2) is 21.0 Å². The van der Waals surface area contributed by atoms with Crippen molar-refractivity contribution in [3.63, 3.8) is 0 Å². The second-order valence-corrected chi connectivity index (χ2v) is 6.65. The molecule has 2 aromatic heterocycles. The van der Waals surface area contributed by atoms with Crippen LogP contribution in [0.1, 0.15) is 43.9 Å². The summed E-state index contributed by atoms with van der Waals surface area (Å²) in [5, 5.41) is 3.70. The number of pyridine rings is 1. The molecule has 4 heteroatoms. The van der Waals surface area contributed by atoms with Crippen molar-refractivity contribution in [2.24, 2.45) is 5.92 Å². The summed E-state index contributed by atoms with van der Waals surface area (Å²) >= 11 is 0. The van der Waals surface area contributed by atoms with Gasteiger partial charge in [0.2, 0.25) is 0 Å². The molecule has 4 rings (SSSR count). The van der Waals surface area contributed by atoms with Crippen LogP contribution in [0.3, 0.4) is 0 Å². The number of nitrogens with one attached hydrogen (secondary N) is 1. The van der Waals surface area contributed by atoms with Crippen LogP contribution in [0.15, 0.2) is 24.4 Å². The van der Waals surface area contributed by atoms with Crippen LogP contribution in [0.5, 0.6) is 0 Å². The van der Waals surface area contributed by atoms with Gasteiger partial charge in [0, 0.05) is 23.5 Å². The molecule has 22 heavy (non-hydrogen) atoms. The standard InChI is InChI=1S/C18H22N4/c1-12-8-9-13(11-12)20-17-14-5-4-7-15(14)21-18(22-17)16-6-2-3-10-19-16/h2-3,6,10,12-13H,4-5,7-9,11H2,1H3,(H,20,21,22). The van der Waals surface area contributed by atoms with Crippen molar-refractivity contribution in [3.05, 3.63) is 35.7 Å². The van der Waals surface area contributed by atoms with E-state index in [1.54, 1.807) is 6.20 Å². The fraction of sp³-hybridized carbons (Fsp3) is 0.500. The summed E-state index contributed by atoms with van der Waals surface area (Å²) in [5.41, 5.74) is 3.41. The number of hydrogen-bond donors (Lipinski definition) is 1. The Morgan fingerprint density at radius 2 is 2.09 bits per heavy atom. The van der Waals surface area contributed by atoms with E-state index in [0.717, 1.165) is 36.1 Å². The van der Waals surface area contributed by atoms with Gasteiger partial charge in [-0.15, -0.1) is 0 Å². The molecule has 2 atom stereocenters. The lowest BCUT2D eigenvalue weighted by atomic mass is 10.1. The molecule has 0 aromatic carbocycles. The minimum Gasteiger partial charge on any atom is -0.367 e. The highest BCUT2D eigenvalue weighted by Gasteiger charge is 2.25. The Bertz CT molecular complexity index is 668. The first-order valence-electron chi connectivity index (χ1n) is 8.37. The molecular weight excluding hydrogens is 272 g/mol. The van der Waals surface area contributed by atoms with E-state index in [1.165, 1.54) is 36.9 Å². The molecule has 2 unspecified atom stereocenters. The molecule has 1 saturated carbocycles. The summed E-state index contributed by atoms with van der Waals surface area (Å²) in [6.07, 6.45) is 8.97. The maximum absolute atomic E-state index is 4.82. The smallest absolute Gasteiger partial charge is 0.180 e. The molecule has 0 spiro atoms. The van der Waals surface area contributed by atoms with Gasteiger partial charge in [0.25, 0.3) is 0 Å². The number of rotatable bonds is 3. The molecule has 114 valence electrons. The molecule has 0 radical (unpaired) electrons. The van der Waals surface area contributed by atoms with Crippen LogP contribution in [0, 0.1) is 5.92 Å². The van der Waals surface area contributed by atoms with Gasteiger partial charge in [-0.25, -0.2) is 9.97 Å². The normalized spacial score (nSPS) is 23.5. The predicted molar refractivity (Wildman–Crippen MR) is 87.7 cm³/mol. The molecule has 0 amide bonds. The van der Waals surface area contributed by atoms with E-state index in [9.17, 15) is 0 Å². The minimum absolute atomic E-state index is 0.561. The van der Waals surface area contributed by atoms with Gasteiger partial charge in [0.05, 0.1) is 0 Å². The third kappa shape index (κ3) is 2.58. The van der Waals surface area contributed by atoms with Gasteiger partial charge in [-0.3, -0.25) is 4.98 Å². The summed E-state index contributed by atoms with van der Waals surface area (Å²) < 4.78 is 0. The number of nitrogens with zero attached hydrogens (tertiary/aromatic N) is 3. The lowest BCUT2D eigenvalue weighted by Gasteiger charge is -2.17. The Labute approximate surface area is 131 Å². The van der Waals surface area contributed by atoms with E-state index >= 15 is 0 Å². The second-order valence-electron chi connectivity index (χ2n) is 6.65. The molecular formula is C18H22N4. The first-order chi connectivity index (χ1) is 10.8. The molecule has 0 saturated heterocycles. The van der Waals surface area contributed by atoms with Crippen molar-refractivity contribution in [2.45, 2.75) is 51.5 Å². The molecule has 0 aliphatic heterocycles. The number of aromatic nitrogens is 3. The number of anilines is 1. The SMILES string of the molecule is CC1CCC(Nc2nc(-c3ccccn3)nc3c2CCC3)C1. The van der Waals surface area contributed by atoms with Gasteiger partial charge in [0.15, 0.2) is 5.82 Å². The van der Waals surface area contributed by atoms with E-state index in [1.807, 2.05) is 18.2 Å². The Morgan fingerprint density at radius 3 is 2.86 bits per heavy atom. The van der Waals surface area contributed by atoms with E-state index < -0.39 is 0 Å². The summed E-state index contributed by atoms with van der Waals surface area (Å²) in [6.45, 7) is 2.34. The molecule has 0 bridgehead atoms. The van der Waals surface area contributed by atoms with Gasteiger partial charge in [0.1, 0.15) is 11.5 Å². The van der Waals surface area contributed by atoms with Crippen LogP contribution in [0.25, 0.3) is 11.5 Å². The maximum Gasteiger partial charge on any atom is 0.180 e. The third-order valence-corrected chi connectivity index (χ3v) is 4.86. The summed E-state index contributed by atoms with van der Waals surface area (Å²) in [5.74, 6) is 2.64. The highest BCUT2D eigenvalue weighted by molar-refractivity contribution is 5.58. The van der Waals surface area contributed by atoms with Crippen LogP contribution in [0.4, 0.5) is 5.82 Å². The molecule has 4 nitrogen and oxygen atoms in total. The zero-order valence-electron chi connectivity index (χ0n) is 13.0. The third-order valence-electron chi connectivity index (χ3n) is 4.86. The van der Waals surface area contributed by atoms with Crippen molar-refractivity contribution in [3.8, 4) is 11.5 Å². The zero-order chi connectivity index (χ0) is 14.9. The molecule has 2 aliphatic carbocycles. The first kappa shape index (κ1) is 13.7. The van der Waals surface area contributed by atoms with Gasteiger partial charge >= 0.3 is 0 Å². The summed E-state index contributed by atoms with van der Waals surface area (Å²) in [6, 6.07) is 6.46. The summed E-state index contributed by atoms with van der Waals surface area (Å²) in [7, 11) is 0. The van der Waals surface area contributed by atoms with Gasteiger partial charge < -0.3 is 5.32 Å². The summed E-state index contributed by atoms with van der Waals surface area (Å²) in [4.78, 5) is 14.0. The van der Waals surface area contributed by atoms with Gasteiger partial charge in [-0.1, -0.05) is 13.0 Å². The Kier molecular flexibility index (Phi) is 3.53. The van der Waals surface area contributed by atoms with Crippen molar-refractivity contribution in [1.29, 1.82) is 0 Å². The predicted octanol–water partition coefficient (Wildman–Crippen LogP) is 3.63. The average Bonchev–Trinajstić information content (AvgIpc) is 3.17. The van der Waals surface area contributed by atoms with E-state index in [4.69, 9.17) is 9.97 Å². The fourth-order valence-corrected chi connectivity index (χ4v) is 3.69. The van der Waals surface area contributed by atoms with Crippen molar-refractivity contribution in [1.82, 2.24) is 15.0 Å². The average molecular weight is 294 g/mol. The van der Waals surface area contributed by atoms with Crippen molar-refractivity contribution in [2.75, 3.05) is 5.32 Å². The van der Waals surface area contributed by atoms with E-state index in [2.05, 4.69) is 17.2 Å². The number of aryl methyl sites for hydroxylation is 1. The Balaban J connectivity index is 1.69. The second kappa shape index (κ2) is 5.67. The molecule has 2 aliphatic rings. The van der Waals surface area contributed by atoms with Gasteiger partial charge in [-0.2, -0.15) is 0 Å². The minimum atomic E-state index is 0.561. The topological polar surface area (TPSA) is 50.7 Å². The quantitative estimate of drug-likeness (QED) is 0.939. The van der Waals surface area contributed by atoms with Crippen molar-refractivity contribution < 1.29 is 0 Å². The lowest BCUT2D eigenvalue weighted by molar-refractivity contribution is 0.602. The number of hydrogen-bond acceptors (Lipinski definition) is 4. The first-order valence-corrected chi connectivity index (χ1v) is 8.37. The van der Waals surface area contributed by atoms with Gasteiger partial charge in [-0.05, 0) is 56.6 Å². The van der Waals surface area contributed by atoms with Crippen LogP contribution < -0.4 is 5.32 Å². The maximum atomic E-state index is 4.82. The Morgan fingerprint density at radius 1 is 1.14 bits per heavy atom. The Hall–Kier alpha value is -1.97. The van der Waals surface area contributed by atoms with Crippen LogP contribution in [0.2, 0.25) is 0 Å². The van der Waals surface area contributed by atoms with Crippen molar-refractivity contribution >= 4 is 5.82 Å². The largest absolute Gasteiger partial charge is 0.367 e. The highest BCUT2D eigenvalue weighted by Crippen LogP contribution is 2.32. The lowest BCUT2D eigenvalue weighted by Crippen LogP contribution is -2.18.